The van der Waals surface area contributed by atoms with Gasteiger partial charge in [0.2, 0.25) is 5.91 Å². The topological polar surface area (TPSA) is 75.6 Å². The van der Waals surface area contributed by atoms with Gasteiger partial charge in [-0.2, -0.15) is 4.36 Å². The van der Waals surface area contributed by atoms with E-state index in [4.69, 9.17) is 0 Å². The minimum atomic E-state index is -3.31. The van der Waals surface area contributed by atoms with E-state index in [2.05, 4.69) is 15.7 Å². The number of benzene rings is 2. The van der Waals surface area contributed by atoms with Crippen molar-refractivity contribution in [2.24, 2.45) is 4.36 Å². The summed E-state index contributed by atoms with van der Waals surface area (Å²) in [6, 6.07) is 5.73. The molecule has 0 radical (unpaired) electrons. The van der Waals surface area contributed by atoms with Gasteiger partial charge in [-0.15, -0.1) is 0 Å². The predicted molar refractivity (Wildman–Crippen MR) is 104 cm³/mol. The molecule has 0 bridgehead atoms. The predicted octanol–water partition coefficient (Wildman–Crippen LogP) is 3.42. The number of nitrogens with one attached hydrogen (secondary N) is 1. The van der Waals surface area contributed by atoms with E-state index < -0.39 is 33.1 Å². The minimum absolute atomic E-state index is 0.0242. The van der Waals surface area contributed by atoms with Gasteiger partial charge in [0, 0.05) is 5.69 Å². The first-order valence-corrected chi connectivity index (χ1v) is 11.2. The summed E-state index contributed by atoms with van der Waals surface area (Å²) in [5.41, 5.74) is 5.89. The van der Waals surface area contributed by atoms with E-state index in [9.17, 15) is 18.2 Å². The zero-order valence-corrected chi connectivity index (χ0v) is 16.0. The fraction of sp³-hybridized carbons (Fsp3) is 0.333. The maximum atomic E-state index is 13.6. The van der Waals surface area contributed by atoms with E-state index in [1.165, 1.54) is 28.3 Å². The average molecular weight is 398 g/mol. The molecule has 1 aliphatic heterocycles. The molecule has 0 saturated heterocycles. The van der Waals surface area contributed by atoms with Crippen LogP contribution in [0.3, 0.4) is 0 Å². The molecule has 0 saturated carbocycles. The Hall–Kier alpha value is -2.54. The van der Waals surface area contributed by atoms with Gasteiger partial charge in [-0.05, 0) is 79.0 Å². The molecule has 7 heteroatoms. The number of hydrogen-bond donors (Lipinski definition) is 1. The third-order valence-corrected chi connectivity index (χ3v) is 7.95. The van der Waals surface area contributed by atoms with Crippen LogP contribution in [0, 0.1) is 5.82 Å². The monoisotopic (exact) mass is 398 g/mol. The van der Waals surface area contributed by atoms with Crippen molar-refractivity contribution in [2.45, 2.75) is 43.4 Å². The molecule has 1 heterocycles. The lowest BCUT2D eigenvalue weighted by atomic mass is 9.98. The molecule has 0 aromatic heterocycles. The van der Waals surface area contributed by atoms with Crippen molar-refractivity contribution in [1.82, 2.24) is 0 Å². The third-order valence-electron chi connectivity index (χ3n) is 5.81. The Morgan fingerprint density at radius 2 is 1.75 bits per heavy atom. The minimum Gasteiger partial charge on any atom is -0.325 e. The normalized spacial score (nSPS) is 21.8. The lowest BCUT2D eigenvalue weighted by Gasteiger charge is -2.16. The van der Waals surface area contributed by atoms with Crippen molar-refractivity contribution >= 4 is 27.2 Å². The number of carbonyl (C=O) groups is 2. The second-order valence-corrected chi connectivity index (χ2v) is 9.80. The van der Waals surface area contributed by atoms with Crippen LogP contribution in [0.5, 0.6) is 0 Å². The lowest BCUT2D eigenvalue weighted by Crippen LogP contribution is -2.23. The molecular formula is C21H19FN2O3S. The van der Waals surface area contributed by atoms with Crippen LogP contribution in [0.2, 0.25) is 0 Å². The standard InChI is InChI=1S/C21H19FN2O3S/c22-14-7-8-17-18(10-14)28(27,24-21(17)26)11-19(25)23-20-15-5-1-3-12(15)9-13-4-2-6-16(13)20/h7-10H,1-6,11H2,(H,23,25). The molecule has 2 aromatic rings. The Bertz CT molecular complexity index is 1150. The van der Waals surface area contributed by atoms with Gasteiger partial charge in [-0.1, -0.05) is 6.07 Å². The number of rotatable bonds is 3. The second-order valence-electron chi connectivity index (χ2n) is 7.60. The van der Waals surface area contributed by atoms with Crippen LogP contribution in [-0.4, -0.2) is 21.8 Å². The van der Waals surface area contributed by atoms with Gasteiger partial charge in [-0.25, -0.2) is 8.60 Å². The van der Waals surface area contributed by atoms with Gasteiger partial charge < -0.3 is 5.32 Å². The SMILES string of the molecule is O=C(CS1(=O)=NC(=O)c2ccc(F)cc21)Nc1c2c(cc3c1CCC3)CCC2. The Kier molecular flexibility index (Phi) is 3.91. The van der Waals surface area contributed by atoms with Gasteiger partial charge in [0.05, 0.1) is 20.2 Å². The Morgan fingerprint density at radius 3 is 2.43 bits per heavy atom. The summed E-state index contributed by atoms with van der Waals surface area (Å²) in [5, 5.41) is 2.97. The summed E-state index contributed by atoms with van der Waals surface area (Å²) in [5.74, 6) is -2.16. The maximum Gasteiger partial charge on any atom is 0.286 e. The summed E-state index contributed by atoms with van der Waals surface area (Å²) in [4.78, 5) is 24.9. The highest BCUT2D eigenvalue weighted by Crippen LogP contribution is 2.38. The summed E-state index contributed by atoms with van der Waals surface area (Å²) < 4.78 is 30.6. The first kappa shape index (κ1) is 17.6. The highest BCUT2D eigenvalue weighted by atomic mass is 32.2. The summed E-state index contributed by atoms with van der Waals surface area (Å²) in [6.45, 7) is 0. The molecule has 1 atom stereocenters. The van der Waals surface area contributed by atoms with Crippen molar-refractivity contribution < 1.29 is 18.2 Å². The van der Waals surface area contributed by atoms with Gasteiger partial charge in [-0.3, -0.25) is 9.59 Å². The second kappa shape index (κ2) is 6.24. The fourth-order valence-corrected chi connectivity index (χ4v) is 6.51. The number of nitrogens with zero attached hydrogens (tertiary/aromatic N) is 1. The van der Waals surface area contributed by atoms with Crippen LogP contribution in [-0.2, 0) is 40.2 Å². The number of fused-ring (bicyclic) bond motifs is 3. The van der Waals surface area contributed by atoms with Crippen LogP contribution >= 0.6 is 0 Å². The molecule has 2 aromatic carbocycles. The number of anilines is 1. The molecule has 1 unspecified atom stereocenters. The first-order chi connectivity index (χ1) is 13.4. The Labute approximate surface area is 162 Å². The van der Waals surface area contributed by atoms with E-state index in [-0.39, 0.29) is 10.5 Å². The van der Waals surface area contributed by atoms with Crippen molar-refractivity contribution in [3.63, 3.8) is 0 Å². The summed E-state index contributed by atoms with van der Waals surface area (Å²) in [7, 11) is -3.31. The maximum absolute atomic E-state index is 13.6. The molecule has 2 aliphatic carbocycles. The number of hydrogen-bond acceptors (Lipinski definition) is 3. The molecule has 0 spiro atoms. The number of amides is 2. The molecule has 1 N–H and O–H groups in total. The van der Waals surface area contributed by atoms with Crippen molar-refractivity contribution in [1.29, 1.82) is 0 Å². The van der Waals surface area contributed by atoms with Gasteiger partial charge in [0.25, 0.3) is 5.91 Å². The zero-order chi connectivity index (χ0) is 19.5. The largest absolute Gasteiger partial charge is 0.325 e. The number of halogens is 1. The van der Waals surface area contributed by atoms with Crippen LogP contribution < -0.4 is 5.32 Å². The lowest BCUT2D eigenvalue weighted by molar-refractivity contribution is -0.113. The van der Waals surface area contributed by atoms with Crippen molar-refractivity contribution in [3.8, 4) is 0 Å². The van der Waals surface area contributed by atoms with Crippen LogP contribution in [0.1, 0.15) is 45.5 Å². The smallest absolute Gasteiger partial charge is 0.286 e. The molecule has 5 rings (SSSR count). The molecule has 0 fully saturated rings. The molecule has 3 aliphatic rings. The highest BCUT2D eigenvalue weighted by molar-refractivity contribution is 7.95. The van der Waals surface area contributed by atoms with Crippen molar-refractivity contribution in [2.75, 3.05) is 11.1 Å². The quantitative estimate of drug-likeness (QED) is 0.861. The van der Waals surface area contributed by atoms with Gasteiger partial charge in [0.15, 0.2) is 0 Å². The molecule has 28 heavy (non-hydrogen) atoms. The molecule has 144 valence electrons. The van der Waals surface area contributed by atoms with Crippen LogP contribution in [0.4, 0.5) is 10.1 Å². The highest BCUT2D eigenvalue weighted by Gasteiger charge is 2.32. The molecule has 5 nitrogen and oxygen atoms in total. The number of carbonyl (C=O) groups excluding carboxylic acids is 2. The van der Waals surface area contributed by atoms with Gasteiger partial charge in [0.1, 0.15) is 11.6 Å². The third kappa shape index (κ3) is 2.68. The number of aryl methyl sites for hydroxylation is 2. The summed E-state index contributed by atoms with van der Waals surface area (Å²) in [6.07, 6.45) is 6.00. The Morgan fingerprint density at radius 1 is 1.07 bits per heavy atom. The average Bonchev–Trinajstić information content (AvgIpc) is 3.34. The van der Waals surface area contributed by atoms with Crippen LogP contribution in [0.25, 0.3) is 0 Å². The van der Waals surface area contributed by atoms with E-state index in [0.717, 1.165) is 56.3 Å². The first-order valence-electron chi connectivity index (χ1n) is 9.50. The van der Waals surface area contributed by atoms with Crippen molar-refractivity contribution in [3.05, 3.63) is 57.9 Å². The fourth-order valence-electron chi connectivity index (χ4n) is 4.60. The molecule has 2 amide bonds. The zero-order valence-electron chi connectivity index (χ0n) is 15.2. The van der Waals surface area contributed by atoms with Gasteiger partial charge >= 0.3 is 0 Å². The van der Waals surface area contributed by atoms with E-state index in [1.807, 2.05) is 0 Å². The Balaban J connectivity index is 1.48. The summed E-state index contributed by atoms with van der Waals surface area (Å²) >= 11 is 0. The van der Waals surface area contributed by atoms with Crippen LogP contribution in [0.15, 0.2) is 33.5 Å². The van der Waals surface area contributed by atoms with E-state index in [1.54, 1.807) is 0 Å². The van der Waals surface area contributed by atoms with E-state index in [0.29, 0.717) is 0 Å². The van der Waals surface area contributed by atoms with E-state index >= 15 is 0 Å². The molecular weight excluding hydrogens is 379 g/mol.